The second-order valence-corrected chi connectivity index (χ2v) is 5.09. The highest BCUT2D eigenvalue weighted by molar-refractivity contribution is 6.36. The number of halogens is 2. The largest absolute Gasteiger partial charge is 0.480 e. The first-order chi connectivity index (χ1) is 6.18. The van der Waals surface area contributed by atoms with E-state index in [1.165, 1.54) is 6.92 Å². The molecule has 0 spiro atoms. The lowest BCUT2D eigenvalue weighted by Crippen LogP contribution is -2.35. The van der Waals surface area contributed by atoms with Gasteiger partial charge in [0.2, 0.25) is 0 Å². The molecule has 0 saturated heterocycles. The second kappa shape index (κ2) is 4.99. The van der Waals surface area contributed by atoms with E-state index in [1.807, 2.05) is 0 Å². The molecule has 0 saturated carbocycles. The third-order valence-corrected chi connectivity index (χ3v) is 2.57. The van der Waals surface area contributed by atoms with Crippen LogP contribution in [0.4, 0.5) is 0 Å². The van der Waals surface area contributed by atoms with Crippen molar-refractivity contribution in [3.05, 3.63) is 0 Å². The van der Waals surface area contributed by atoms with Crippen LogP contribution in [-0.4, -0.2) is 27.1 Å². The van der Waals surface area contributed by atoms with Crippen molar-refractivity contribution in [2.24, 2.45) is 5.92 Å². The summed E-state index contributed by atoms with van der Waals surface area (Å²) in [4.78, 5) is 20.5. The highest BCUT2D eigenvalue weighted by atomic mass is 35.5. The molecule has 1 N–H and O–H groups in total. The van der Waals surface area contributed by atoms with Gasteiger partial charge >= 0.3 is 5.97 Å². The number of aliphatic carboxylic acids is 1. The monoisotopic (exact) mass is 240 g/mol. The normalized spacial score (nSPS) is 17.6. The van der Waals surface area contributed by atoms with E-state index in [0.29, 0.717) is 0 Å². The zero-order chi connectivity index (χ0) is 11.5. The number of hydrogen-bond acceptors (Lipinski definition) is 2. The van der Waals surface area contributed by atoms with Crippen LogP contribution in [0.15, 0.2) is 0 Å². The quantitative estimate of drug-likeness (QED) is 0.751. The summed E-state index contributed by atoms with van der Waals surface area (Å²) in [5, 5.41) is 7.87. The minimum absolute atomic E-state index is 0.0670. The first kappa shape index (κ1) is 13.7. The Kier molecular flexibility index (Phi) is 4.89. The molecular formula is C9H14Cl2O3. The van der Waals surface area contributed by atoms with E-state index >= 15 is 0 Å². The van der Waals surface area contributed by atoms with Crippen molar-refractivity contribution in [2.45, 2.75) is 37.4 Å². The van der Waals surface area contributed by atoms with E-state index < -0.39 is 16.2 Å². The molecule has 0 aromatic heterocycles. The molecule has 5 heteroatoms. The van der Waals surface area contributed by atoms with Gasteiger partial charge in [0.15, 0.2) is 5.78 Å². The Hall–Kier alpha value is -0.280. The molecule has 0 aliphatic rings. The fourth-order valence-electron chi connectivity index (χ4n) is 0.886. The van der Waals surface area contributed by atoms with Gasteiger partial charge < -0.3 is 5.11 Å². The number of carbonyl (C=O) groups excluding carboxylic acids is 1. The maximum Gasteiger partial charge on any atom is 0.324 e. The van der Waals surface area contributed by atoms with Crippen molar-refractivity contribution < 1.29 is 14.7 Å². The summed E-state index contributed by atoms with van der Waals surface area (Å²) in [6.45, 7) is 4.76. The Balaban J connectivity index is 4.39. The van der Waals surface area contributed by atoms with Crippen LogP contribution in [0.25, 0.3) is 0 Å². The van der Waals surface area contributed by atoms with Gasteiger partial charge in [-0.3, -0.25) is 9.59 Å². The highest BCUT2D eigenvalue weighted by Crippen LogP contribution is 2.25. The molecule has 0 rings (SSSR count). The van der Waals surface area contributed by atoms with Crippen LogP contribution in [0.1, 0.15) is 27.2 Å². The van der Waals surface area contributed by atoms with Crippen LogP contribution in [0.2, 0.25) is 0 Å². The summed E-state index contributed by atoms with van der Waals surface area (Å²) in [5.41, 5.74) is 0. The molecule has 0 aliphatic heterocycles. The number of Topliss-reactive ketones (excluding diaryl/α,β-unsaturated/α-hetero) is 1. The van der Waals surface area contributed by atoms with Crippen molar-refractivity contribution in [3.8, 4) is 0 Å². The number of carboxylic acids is 1. The van der Waals surface area contributed by atoms with Gasteiger partial charge in [-0.1, -0.05) is 13.8 Å². The highest BCUT2D eigenvalue weighted by Gasteiger charge is 2.35. The minimum Gasteiger partial charge on any atom is -0.480 e. The molecule has 14 heavy (non-hydrogen) atoms. The Labute approximate surface area is 93.4 Å². The van der Waals surface area contributed by atoms with Crippen molar-refractivity contribution in [1.82, 2.24) is 0 Å². The van der Waals surface area contributed by atoms with Crippen LogP contribution in [-0.2, 0) is 9.59 Å². The van der Waals surface area contributed by atoms with Gasteiger partial charge in [-0.15, -0.1) is 23.2 Å². The van der Waals surface area contributed by atoms with E-state index in [4.69, 9.17) is 28.3 Å². The molecule has 0 aliphatic carbocycles. The van der Waals surface area contributed by atoms with Gasteiger partial charge in [0.1, 0.15) is 4.87 Å². The average Bonchev–Trinajstić information content (AvgIpc) is 2.01. The lowest BCUT2D eigenvalue weighted by molar-refractivity contribution is -0.140. The predicted octanol–water partition coefficient (Wildman–Crippen LogP) is 2.29. The van der Waals surface area contributed by atoms with Crippen LogP contribution in [0.5, 0.6) is 0 Å². The first-order valence-corrected chi connectivity index (χ1v) is 5.10. The molecule has 0 heterocycles. The van der Waals surface area contributed by atoms with Gasteiger partial charge in [-0.05, 0) is 6.92 Å². The summed E-state index contributed by atoms with van der Waals surface area (Å²) in [7, 11) is 0. The van der Waals surface area contributed by atoms with Gasteiger partial charge in [0.25, 0.3) is 0 Å². The molecule has 0 aromatic rings. The zero-order valence-electron chi connectivity index (χ0n) is 8.38. The molecule has 2 atom stereocenters. The molecule has 82 valence electrons. The summed E-state index contributed by atoms with van der Waals surface area (Å²) in [5.74, 6) is -1.56. The summed E-state index contributed by atoms with van der Waals surface area (Å²) < 4.78 is 0. The molecule has 0 fully saturated rings. The van der Waals surface area contributed by atoms with Gasteiger partial charge in [-0.25, -0.2) is 0 Å². The van der Waals surface area contributed by atoms with Crippen LogP contribution < -0.4 is 0 Å². The van der Waals surface area contributed by atoms with E-state index in [0.717, 1.165) is 0 Å². The maximum atomic E-state index is 11.4. The molecular weight excluding hydrogens is 227 g/mol. The van der Waals surface area contributed by atoms with Gasteiger partial charge in [0, 0.05) is 12.3 Å². The molecule has 0 amide bonds. The molecule has 3 nitrogen and oxygen atoms in total. The number of rotatable bonds is 5. The Bertz CT molecular complexity index is 236. The number of carbonyl (C=O) groups is 2. The zero-order valence-corrected chi connectivity index (χ0v) is 9.89. The Morgan fingerprint density at radius 3 is 2.14 bits per heavy atom. The summed E-state index contributed by atoms with van der Waals surface area (Å²) in [6, 6.07) is 0. The SMILES string of the molecule is CC(C)C(=O)C(Cl)CC(C)(Cl)C(=O)O. The number of ketones is 1. The van der Waals surface area contributed by atoms with Gasteiger partial charge in [-0.2, -0.15) is 0 Å². The van der Waals surface area contributed by atoms with Crippen LogP contribution in [0, 0.1) is 5.92 Å². The molecule has 0 bridgehead atoms. The number of carboxylic acid groups (broad SMARTS) is 1. The predicted molar refractivity (Wildman–Crippen MR) is 56.0 cm³/mol. The molecule has 0 aromatic carbocycles. The lowest BCUT2D eigenvalue weighted by Gasteiger charge is -2.20. The Morgan fingerprint density at radius 2 is 1.86 bits per heavy atom. The van der Waals surface area contributed by atoms with E-state index in [-0.39, 0.29) is 18.1 Å². The smallest absolute Gasteiger partial charge is 0.324 e. The average molecular weight is 241 g/mol. The fourth-order valence-corrected chi connectivity index (χ4v) is 1.68. The van der Waals surface area contributed by atoms with Crippen LogP contribution in [0.3, 0.4) is 0 Å². The summed E-state index contributed by atoms with van der Waals surface area (Å²) >= 11 is 11.4. The van der Waals surface area contributed by atoms with Crippen molar-refractivity contribution in [3.63, 3.8) is 0 Å². The number of alkyl halides is 2. The Morgan fingerprint density at radius 1 is 1.43 bits per heavy atom. The van der Waals surface area contributed by atoms with E-state index in [2.05, 4.69) is 0 Å². The topological polar surface area (TPSA) is 54.4 Å². The maximum absolute atomic E-state index is 11.4. The molecule has 2 unspecified atom stereocenters. The molecule has 0 radical (unpaired) electrons. The second-order valence-electron chi connectivity index (χ2n) is 3.73. The first-order valence-electron chi connectivity index (χ1n) is 4.28. The number of hydrogen-bond donors (Lipinski definition) is 1. The van der Waals surface area contributed by atoms with Gasteiger partial charge in [0.05, 0.1) is 5.38 Å². The third kappa shape index (κ3) is 3.84. The lowest BCUT2D eigenvalue weighted by atomic mass is 9.97. The van der Waals surface area contributed by atoms with E-state index in [1.54, 1.807) is 13.8 Å². The van der Waals surface area contributed by atoms with Crippen LogP contribution >= 0.6 is 23.2 Å². The third-order valence-electron chi connectivity index (χ3n) is 1.89. The van der Waals surface area contributed by atoms with E-state index in [9.17, 15) is 9.59 Å². The minimum atomic E-state index is -1.48. The van der Waals surface area contributed by atoms with Crippen molar-refractivity contribution in [1.29, 1.82) is 0 Å². The summed E-state index contributed by atoms with van der Waals surface area (Å²) in [6.07, 6.45) is -0.0670. The fraction of sp³-hybridized carbons (Fsp3) is 0.778. The van der Waals surface area contributed by atoms with Crippen molar-refractivity contribution in [2.75, 3.05) is 0 Å². The standard InChI is InChI=1S/C9H14Cl2O3/c1-5(2)7(12)6(10)4-9(3,11)8(13)14/h5-6H,4H2,1-3H3,(H,13,14). The van der Waals surface area contributed by atoms with Crippen molar-refractivity contribution >= 4 is 35.0 Å².